The van der Waals surface area contributed by atoms with Crippen molar-refractivity contribution in [1.82, 2.24) is 4.57 Å². The number of nitrogens with zero attached hydrogens (tertiary/aromatic N) is 1. The first-order valence-corrected chi connectivity index (χ1v) is 7.96. The van der Waals surface area contributed by atoms with Crippen LogP contribution in [0.25, 0.3) is 10.9 Å². The van der Waals surface area contributed by atoms with Crippen LogP contribution in [0.1, 0.15) is 15.9 Å². The molecule has 0 aliphatic rings. The van der Waals surface area contributed by atoms with Crippen molar-refractivity contribution in [3.05, 3.63) is 78.5 Å². The predicted octanol–water partition coefficient (Wildman–Crippen LogP) is 3.11. The van der Waals surface area contributed by atoms with Crippen LogP contribution in [-0.4, -0.2) is 16.4 Å². The van der Waals surface area contributed by atoms with Crippen molar-refractivity contribution < 1.29 is 9.59 Å². The van der Waals surface area contributed by atoms with Crippen molar-refractivity contribution in [1.29, 1.82) is 0 Å². The van der Waals surface area contributed by atoms with Gasteiger partial charge in [-0.25, -0.2) is 0 Å². The molecule has 5 heteroatoms. The summed E-state index contributed by atoms with van der Waals surface area (Å²) in [6.45, 7) is 4.39. The van der Waals surface area contributed by atoms with Crippen molar-refractivity contribution in [2.75, 3.05) is 5.32 Å². The Morgan fingerprint density at radius 2 is 1.84 bits per heavy atom. The highest BCUT2D eigenvalue weighted by atomic mass is 16.2. The highest BCUT2D eigenvalue weighted by Gasteiger charge is 2.14. The van der Waals surface area contributed by atoms with Crippen molar-refractivity contribution >= 4 is 28.4 Å². The number of hydrogen-bond donors (Lipinski definition) is 2. The molecule has 2 amide bonds. The fourth-order valence-corrected chi connectivity index (χ4v) is 2.82. The molecule has 0 saturated carbocycles. The number of nitrogens with one attached hydrogen (secondary N) is 1. The molecule has 3 aromatic rings. The maximum atomic E-state index is 12.7. The normalized spacial score (nSPS) is 10.6. The number of nitrogens with two attached hydrogens (primary N) is 1. The van der Waals surface area contributed by atoms with Gasteiger partial charge in [-0.05, 0) is 23.8 Å². The number of anilines is 1. The van der Waals surface area contributed by atoms with E-state index >= 15 is 0 Å². The first-order valence-electron chi connectivity index (χ1n) is 7.96. The lowest BCUT2D eigenvalue weighted by molar-refractivity contribution is -0.117. The monoisotopic (exact) mass is 333 g/mol. The maximum absolute atomic E-state index is 12.7. The van der Waals surface area contributed by atoms with Gasteiger partial charge in [0.25, 0.3) is 5.91 Å². The largest absolute Gasteiger partial charge is 0.369 e. The summed E-state index contributed by atoms with van der Waals surface area (Å²) in [4.78, 5) is 23.6. The third-order valence-corrected chi connectivity index (χ3v) is 3.95. The summed E-state index contributed by atoms with van der Waals surface area (Å²) in [7, 11) is 0. The van der Waals surface area contributed by atoms with Crippen LogP contribution >= 0.6 is 0 Å². The van der Waals surface area contributed by atoms with Crippen LogP contribution in [-0.2, 0) is 17.8 Å². The van der Waals surface area contributed by atoms with Gasteiger partial charge in [-0.1, -0.05) is 36.4 Å². The molecule has 2 aromatic carbocycles. The first kappa shape index (κ1) is 16.5. The fraction of sp³-hybridized carbons (Fsp3) is 0.100. The summed E-state index contributed by atoms with van der Waals surface area (Å²) in [5, 5.41) is 3.79. The zero-order valence-corrected chi connectivity index (χ0v) is 13.7. The molecule has 5 nitrogen and oxygen atoms in total. The molecule has 0 aliphatic heterocycles. The molecule has 0 radical (unpaired) electrons. The molecule has 0 spiro atoms. The average molecular weight is 333 g/mol. The van der Waals surface area contributed by atoms with Crippen LogP contribution in [0, 0.1) is 0 Å². The molecule has 0 unspecified atom stereocenters. The molecule has 0 bridgehead atoms. The molecule has 0 saturated heterocycles. The number of fused-ring (bicyclic) bond motifs is 1. The highest BCUT2D eigenvalue weighted by Crippen LogP contribution is 2.22. The summed E-state index contributed by atoms with van der Waals surface area (Å²) in [5.74, 6) is -0.562. The molecular weight excluding hydrogens is 314 g/mol. The topological polar surface area (TPSA) is 77.1 Å². The van der Waals surface area contributed by atoms with Gasteiger partial charge in [0.15, 0.2) is 0 Å². The molecule has 25 heavy (non-hydrogen) atoms. The quantitative estimate of drug-likeness (QED) is 0.680. The molecule has 3 N–H and O–H groups in total. The van der Waals surface area contributed by atoms with Gasteiger partial charge in [0.2, 0.25) is 5.91 Å². The lowest BCUT2D eigenvalue weighted by atomic mass is 10.1. The number of carbonyl (C=O) groups is 2. The lowest BCUT2D eigenvalue weighted by Gasteiger charge is -2.05. The number of para-hydroxylation sites is 1. The summed E-state index contributed by atoms with van der Waals surface area (Å²) in [6, 6.07) is 14.9. The van der Waals surface area contributed by atoms with E-state index in [1.165, 1.54) is 0 Å². The molecule has 1 aromatic heterocycles. The number of rotatable bonds is 6. The Morgan fingerprint density at radius 3 is 2.52 bits per heavy atom. The van der Waals surface area contributed by atoms with Crippen LogP contribution in [0.15, 0.2) is 67.4 Å². The number of primary amides is 1. The van der Waals surface area contributed by atoms with Crippen molar-refractivity contribution in [3.8, 4) is 0 Å². The predicted molar refractivity (Wildman–Crippen MR) is 99.4 cm³/mol. The minimum atomic E-state index is -0.383. The van der Waals surface area contributed by atoms with E-state index < -0.39 is 0 Å². The second-order valence-corrected chi connectivity index (χ2v) is 5.80. The number of carbonyl (C=O) groups excluding carboxylic acids is 2. The Labute approximate surface area is 145 Å². The van der Waals surface area contributed by atoms with Crippen molar-refractivity contribution in [3.63, 3.8) is 0 Å². The molecule has 0 fully saturated rings. The molecule has 0 aliphatic carbocycles. The van der Waals surface area contributed by atoms with Gasteiger partial charge in [-0.15, -0.1) is 6.58 Å². The Hall–Kier alpha value is -3.34. The summed E-state index contributed by atoms with van der Waals surface area (Å²) >= 11 is 0. The maximum Gasteiger partial charge on any atom is 0.257 e. The fourth-order valence-electron chi connectivity index (χ4n) is 2.82. The minimum absolute atomic E-state index is 0.179. The average Bonchev–Trinajstić information content (AvgIpc) is 2.96. The summed E-state index contributed by atoms with van der Waals surface area (Å²) in [5.41, 5.74) is 8.26. The number of benzene rings is 2. The molecular formula is C20H19N3O2. The van der Waals surface area contributed by atoms with E-state index in [0.29, 0.717) is 17.8 Å². The molecule has 126 valence electrons. The van der Waals surface area contributed by atoms with E-state index in [0.717, 1.165) is 16.5 Å². The first-order chi connectivity index (χ1) is 12.1. The van der Waals surface area contributed by atoms with E-state index in [-0.39, 0.29) is 18.2 Å². The number of amides is 2. The lowest BCUT2D eigenvalue weighted by Crippen LogP contribution is -2.14. The molecule has 0 atom stereocenters. The number of aromatic nitrogens is 1. The van der Waals surface area contributed by atoms with Gasteiger partial charge in [0, 0.05) is 29.3 Å². The van der Waals surface area contributed by atoms with E-state index in [1.54, 1.807) is 30.3 Å². The number of hydrogen-bond acceptors (Lipinski definition) is 2. The SMILES string of the molecule is C=CCn1cc(C(=O)Nc2ccc(CC(N)=O)cc2)c2ccccc21. The van der Waals surface area contributed by atoms with Gasteiger partial charge in [0.05, 0.1) is 12.0 Å². The zero-order valence-electron chi connectivity index (χ0n) is 13.7. The summed E-state index contributed by atoms with van der Waals surface area (Å²) < 4.78 is 1.99. The molecule has 3 rings (SSSR count). The Morgan fingerprint density at radius 1 is 1.12 bits per heavy atom. The van der Waals surface area contributed by atoms with E-state index in [9.17, 15) is 9.59 Å². The van der Waals surface area contributed by atoms with Gasteiger partial charge < -0.3 is 15.6 Å². The van der Waals surface area contributed by atoms with Gasteiger partial charge in [-0.2, -0.15) is 0 Å². The Balaban J connectivity index is 1.85. The van der Waals surface area contributed by atoms with E-state index in [1.807, 2.05) is 35.0 Å². The third kappa shape index (κ3) is 3.61. The van der Waals surface area contributed by atoms with Crippen LogP contribution in [0.2, 0.25) is 0 Å². The summed E-state index contributed by atoms with van der Waals surface area (Å²) in [6.07, 6.45) is 3.82. The number of allylic oxidation sites excluding steroid dienone is 1. The van der Waals surface area contributed by atoms with Crippen LogP contribution < -0.4 is 11.1 Å². The standard InChI is InChI=1S/C20H19N3O2/c1-2-11-23-13-17(16-5-3-4-6-18(16)23)20(25)22-15-9-7-14(8-10-15)12-19(21)24/h2-10,13H,1,11-12H2,(H2,21,24)(H,22,25). The Bertz CT molecular complexity index is 939. The smallest absolute Gasteiger partial charge is 0.257 e. The van der Waals surface area contributed by atoms with Crippen molar-refractivity contribution in [2.24, 2.45) is 5.73 Å². The minimum Gasteiger partial charge on any atom is -0.369 e. The third-order valence-electron chi connectivity index (χ3n) is 3.95. The van der Waals surface area contributed by atoms with Gasteiger partial charge in [0.1, 0.15) is 0 Å². The molecule has 1 heterocycles. The van der Waals surface area contributed by atoms with Crippen LogP contribution in [0.4, 0.5) is 5.69 Å². The van der Waals surface area contributed by atoms with Crippen molar-refractivity contribution in [2.45, 2.75) is 13.0 Å². The Kier molecular flexibility index (Phi) is 4.66. The second-order valence-electron chi connectivity index (χ2n) is 5.80. The highest BCUT2D eigenvalue weighted by molar-refractivity contribution is 6.13. The zero-order chi connectivity index (χ0) is 17.8. The van der Waals surface area contributed by atoms with E-state index in [4.69, 9.17) is 5.73 Å². The van der Waals surface area contributed by atoms with Gasteiger partial charge >= 0.3 is 0 Å². The van der Waals surface area contributed by atoms with Gasteiger partial charge in [-0.3, -0.25) is 9.59 Å². The van der Waals surface area contributed by atoms with Crippen LogP contribution in [0.5, 0.6) is 0 Å². The van der Waals surface area contributed by atoms with Crippen LogP contribution in [0.3, 0.4) is 0 Å². The second kappa shape index (κ2) is 7.05. The van der Waals surface area contributed by atoms with E-state index in [2.05, 4.69) is 11.9 Å².